The molecule has 17 nitrogen and oxygen atoms in total. The Morgan fingerprint density at radius 2 is 0.583 bits per heavy atom. The second kappa shape index (κ2) is 69.6. The number of aliphatic hydroxyl groups excluding tert-OH is 1. The van der Waals surface area contributed by atoms with E-state index in [0.29, 0.717) is 25.7 Å². The first-order valence-corrected chi connectivity index (χ1v) is 42.5. The van der Waals surface area contributed by atoms with Crippen LogP contribution in [0, 0.1) is 5.92 Å². The molecule has 0 amide bonds. The summed E-state index contributed by atoms with van der Waals surface area (Å²) in [6.45, 7) is 7.27. The second-order valence-corrected chi connectivity index (χ2v) is 30.2. The van der Waals surface area contributed by atoms with Crippen molar-refractivity contribution in [2.75, 3.05) is 39.6 Å². The van der Waals surface area contributed by atoms with Gasteiger partial charge in [0.1, 0.15) is 19.3 Å². The predicted molar refractivity (Wildman–Crippen MR) is 391 cm³/mol. The first kappa shape index (κ1) is 93.5. The molecule has 19 heteroatoms. The van der Waals surface area contributed by atoms with Crippen LogP contribution in [0.15, 0.2) is 24.3 Å². The predicted octanol–water partition coefficient (Wildman–Crippen LogP) is 22.4. The minimum atomic E-state index is -4.96. The second-order valence-electron chi connectivity index (χ2n) is 27.3. The van der Waals surface area contributed by atoms with E-state index in [1.54, 1.807) is 0 Å². The van der Waals surface area contributed by atoms with Gasteiger partial charge in [0.05, 0.1) is 26.4 Å². The zero-order valence-electron chi connectivity index (χ0n) is 62.0. The van der Waals surface area contributed by atoms with Crippen LogP contribution in [0.5, 0.6) is 0 Å². The highest BCUT2D eigenvalue weighted by atomic mass is 31.2. The summed E-state index contributed by atoms with van der Waals surface area (Å²) >= 11 is 0. The zero-order chi connectivity index (χ0) is 70.5. The van der Waals surface area contributed by atoms with Crippen molar-refractivity contribution in [2.45, 2.75) is 400 Å². The number of carbonyl (C=O) groups excluding carboxylic acids is 4. The van der Waals surface area contributed by atoms with E-state index in [9.17, 15) is 43.2 Å². The number of hydrogen-bond donors (Lipinski definition) is 3. The fraction of sp³-hybridized carbons (Fsp3) is 0.896. The van der Waals surface area contributed by atoms with Crippen molar-refractivity contribution >= 4 is 39.5 Å². The number of hydrogen-bond acceptors (Lipinski definition) is 15. The van der Waals surface area contributed by atoms with E-state index < -0.39 is 97.5 Å². The Bertz CT molecular complexity index is 1940. The van der Waals surface area contributed by atoms with Gasteiger partial charge in [-0.3, -0.25) is 37.3 Å². The van der Waals surface area contributed by atoms with E-state index in [4.69, 9.17) is 37.0 Å². The van der Waals surface area contributed by atoms with Gasteiger partial charge in [-0.05, 0) is 57.3 Å². The van der Waals surface area contributed by atoms with Crippen LogP contribution in [-0.2, 0) is 65.4 Å². The van der Waals surface area contributed by atoms with E-state index in [-0.39, 0.29) is 25.7 Å². The van der Waals surface area contributed by atoms with Gasteiger partial charge in [-0.1, -0.05) is 329 Å². The number of phosphoric ester groups is 2. The van der Waals surface area contributed by atoms with E-state index in [2.05, 4.69) is 58.9 Å². The summed E-state index contributed by atoms with van der Waals surface area (Å²) in [5.74, 6) is -1.28. The zero-order valence-corrected chi connectivity index (χ0v) is 63.8. The maximum absolute atomic E-state index is 13.1. The lowest BCUT2D eigenvalue weighted by molar-refractivity contribution is -0.161. The van der Waals surface area contributed by atoms with Crippen LogP contribution < -0.4 is 0 Å². The molecule has 0 aliphatic heterocycles. The molecule has 6 atom stereocenters. The highest BCUT2D eigenvalue weighted by molar-refractivity contribution is 7.47. The highest BCUT2D eigenvalue weighted by Gasteiger charge is 2.30. The quantitative estimate of drug-likeness (QED) is 0.0169. The Morgan fingerprint density at radius 3 is 0.885 bits per heavy atom. The summed E-state index contributed by atoms with van der Waals surface area (Å²) in [6, 6.07) is 0. The number of esters is 4. The third kappa shape index (κ3) is 68.7. The lowest BCUT2D eigenvalue weighted by Gasteiger charge is -2.21. The molecule has 0 spiro atoms. The highest BCUT2D eigenvalue weighted by Crippen LogP contribution is 2.45. The molecule has 566 valence electrons. The Balaban J connectivity index is 5.20. The lowest BCUT2D eigenvalue weighted by Crippen LogP contribution is -2.30. The van der Waals surface area contributed by atoms with Gasteiger partial charge in [-0.2, -0.15) is 0 Å². The largest absolute Gasteiger partial charge is 0.472 e. The van der Waals surface area contributed by atoms with E-state index in [0.717, 1.165) is 115 Å². The van der Waals surface area contributed by atoms with Crippen molar-refractivity contribution in [1.29, 1.82) is 0 Å². The molecule has 0 fully saturated rings. The van der Waals surface area contributed by atoms with Gasteiger partial charge in [0.2, 0.25) is 0 Å². The molecular formula is C77H146O17P2. The summed E-state index contributed by atoms with van der Waals surface area (Å²) in [6.07, 6.45) is 61.9. The fourth-order valence-corrected chi connectivity index (χ4v) is 12.9. The molecule has 0 aromatic heterocycles. The molecule has 0 aromatic rings. The van der Waals surface area contributed by atoms with Gasteiger partial charge in [0.15, 0.2) is 12.2 Å². The van der Waals surface area contributed by atoms with E-state index in [1.807, 2.05) is 0 Å². The van der Waals surface area contributed by atoms with Gasteiger partial charge in [0.25, 0.3) is 0 Å². The van der Waals surface area contributed by atoms with Crippen LogP contribution in [0.3, 0.4) is 0 Å². The van der Waals surface area contributed by atoms with Crippen molar-refractivity contribution < 1.29 is 80.2 Å². The first-order chi connectivity index (χ1) is 46.6. The molecule has 0 rings (SSSR count). The summed E-state index contributed by atoms with van der Waals surface area (Å²) in [5.41, 5.74) is 0. The molecule has 0 heterocycles. The number of rotatable bonds is 75. The smallest absolute Gasteiger partial charge is 0.462 e. The van der Waals surface area contributed by atoms with Crippen LogP contribution in [0.2, 0.25) is 0 Å². The number of carbonyl (C=O) groups is 4. The Kier molecular flexibility index (Phi) is 67.8. The Hall–Kier alpha value is -2.46. The van der Waals surface area contributed by atoms with Crippen LogP contribution in [-0.4, -0.2) is 96.7 Å². The average Bonchev–Trinajstić information content (AvgIpc) is 1.71. The van der Waals surface area contributed by atoms with Crippen LogP contribution >= 0.6 is 15.6 Å². The lowest BCUT2D eigenvalue weighted by atomic mass is 9.99. The maximum atomic E-state index is 13.1. The number of aliphatic hydroxyl groups is 1. The topological polar surface area (TPSA) is 237 Å². The molecule has 0 saturated heterocycles. The fourth-order valence-electron chi connectivity index (χ4n) is 11.3. The van der Waals surface area contributed by atoms with Crippen molar-refractivity contribution in [1.82, 2.24) is 0 Å². The first-order valence-electron chi connectivity index (χ1n) is 39.5. The Morgan fingerprint density at radius 1 is 0.333 bits per heavy atom. The normalized spacial score (nSPS) is 14.4. The Labute approximate surface area is 586 Å². The van der Waals surface area contributed by atoms with Crippen molar-refractivity contribution in [2.24, 2.45) is 5.92 Å². The average molecular weight is 1410 g/mol. The molecule has 0 radical (unpaired) electrons. The van der Waals surface area contributed by atoms with E-state index in [1.165, 1.54) is 186 Å². The summed E-state index contributed by atoms with van der Waals surface area (Å²) in [5, 5.41) is 10.6. The van der Waals surface area contributed by atoms with E-state index >= 15 is 0 Å². The molecule has 0 aliphatic rings. The maximum Gasteiger partial charge on any atom is 0.472 e. The third-order valence-corrected chi connectivity index (χ3v) is 19.7. The summed E-state index contributed by atoms with van der Waals surface area (Å²) in [4.78, 5) is 72.7. The van der Waals surface area contributed by atoms with Gasteiger partial charge < -0.3 is 33.8 Å². The van der Waals surface area contributed by atoms with Crippen molar-refractivity contribution in [3.63, 3.8) is 0 Å². The third-order valence-electron chi connectivity index (χ3n) is 17.8. The SMILES string of the molecule is CCCCCC/C=C\C=C/CCCCCCCC(=O)OC[C@H](COP(=O)(O)OC[C@@H](O)COP(=O)(O)OC[C@@H](COC(=O)CCCCCCCCCCC)OC(=O)CCCCCCCCCCCC)OC(=O)CCCCCCCCCCCCCCCCCCCCC(C)CC. The van der Waals surface area contributed by atoms with Crippen molar-refractivity contribution in [3.8, 4) is 0 Å². The summed E-state index contributed by atoms with van der Waals surface area (Å²) < 4.78 is 68.4. The van der Waals surface area contributed by atoms with Crippen LogP contribution in [0.4, 0.5) is 0 Å². The van der Waals surface area contributed by atoms with Crippen LogP contribution in [0.1, 0.15) is 381 Å². The standard InChI is InChI=1S/C77H146O17P2/c1-6-10-13-16-19-22-24-25-30-34-37-42-46-51-56-61-75(80)88-67-73(94-77(82)63-58-53-48-43-38-35-32-29-27-26-28-31-33-36-40-44-49-54-59-70(5)9-4)69-92-96(85,86)90-65-71(78)64-89-95(83,84)91-68-72(66-87-74(79)60-55-50-45-39-21-18-15-12-8-3)93-76(81)62-57-52-47-41-23-20-17-14-11-7-2/h22,24-25,30,70-73,78H,6-21,23,26-29,31-69H2,1-5H3,(H,83,84)(H,85,86)/b24-22-,30-25-/t70?,71-,72+,73+/m0/s1. The minimum Gasteiger partial charge on any atom is -0.462 e. The van der Waals surface area contributed by atoms with Crippen LogP contribution in [0.25, 0.3) is 0 Å². The van der Waals surface area contributed by atoms with Gasteiger partial charge >= 0.3 is 39.5 Å². The van der Waals surface area contributed by atoms with Gasteiger partial charge in [-0.25, -0.2) is 9.13 Å². The molecule has 0 bridgehead atoms. The number of ether oxygens (including phenoxy) is 4. The van der Waals surface area contributed by atoms with Gasteiger partial charge in [-0.15, -0.1) is 0 Å². The monoisotopic (exact) mass is 1410 g/mol. The molecular weight excluding hydrogens is 1260 g/mol. The molecule has 0 saturated carbocycles. The minimum absolute atomic E-state index is 0.102. The summed E-state index contributed by atoms with van der Waals surface area (Å²) in [7, 11) is -9.92. The van der Waals surface area contributed by atoms with Crippen molar-refractivity contribution in [3.05, 3.63) is 24.3 Å². The number of unbranched alkanes of at least 4 members (excludes halogenated alkanes) is 43. The van der Waals surface area contributed by atoms with Gasteiger partial charge in [0, 0.05) is 25.7 Å². The molecule has 3 unspecified atom stereocenters. The molecule has 0 aromatic carbocycles. The number of phosphoric acid groups is 2. The number of allylic oxidation sites excluding steroid dienone is 4. The molecule has 3 N–H and O–H groups in total. The molecule has 96 heavy (non-hydrogen) atoms. The molecule has 0 aliphatic carbocycles.